The number of anilines is 1. The van der Waals surface area contributed by atoms with E-state index in [4.69, 9.17) is 5.73 Å². The van der Waals surface area contributed by atoms with E-state index < -0.39 is 0 Å². The Morgan fingerprint density at radius 3 is 2.95 bits per heavy atom. The Morgan fingerprint density at radius 1 is 1.47 bits per heavy atom. The average Bonchev–Trinajstić information content (AvgIpc) is 2.40. The van der Waals surface area contributed by atoms with Crippen LogP contribution in [0.3, 0.4) is 0 Å². The van der Waals surface area contributed by atoms with E-state index in [0.717, 1.165) is 37.1 Å². The van der Waals surface area contributed by atoms with Crippen molar-refractivity contribution in [3.63, 3.8) is 0 Å². The Morgan fingerprint density at radius 2 is 2.26 bits per heavy atom. The lowest BCUT2D eigenvalue weighted by Gasteiger charge is -2.38. The molecule has 0 spiro atoms. The highest BCUT2D eigenvalue weighted by molar-refractivity contribution is 5.68. The van der Waals surface area contributed by atoms with Crippen molar-refractivity contribution in [2.24, 2.45) is 5.73 Å². The number of nitro groups is 1. The van der Waals surface area contributed by atoms with Crippen LogP contribution in [-0.2, 0) is 0 Å². The minimum Gasteiger partial charge on any atom is -0.363 e. The van der Waals surface area contributed by atoms with Gasteiger partial charge in [-0.3, -0.25) is 10.1 Å². The lowest BCUT2D eigenvalue weighted by molar-refractivity contribution is -0.384. The predicted molar refractivity (Wildman–Crippen MR) is 76.5 cm³/mol. The standard InChI is InChI=1S/C14H21N3O2/c1-11-5-4-7-13(17(18)19)14(11)16-10-3-2-6-12(16)8-9-15/h4-5,7,12H,2-3,6,8-10,15H2,1H3. The first-order chi connectivity index (χ1) is 9.15. The highest BCUT2D eigenvalue weighted by Gasteiger charge is 2.28. The van der Waals surface area contributed by atoms with Gasteiger partial charge in [-0.05, 0) is 44.7 Å². The molecule has 1 atom stereocenters. The summed E-state index contributed by atoms with van der Waals surface area (Å²) in [6.07, 6.45) is 4.24. The lowest BCUT2D eigenvalue weighted by atomic mass is 9.97. The molecule has 5 nitrogen and oxygen atoms in total. The van der Waals surface area contributed by atoms with Crippen molar-refractivity contribution in [2.75, 3.05) is 18.0 Å². The van der Waals surface area contributed by atoms with Crippen molar-refractivity contribution in [3.8, 4) is 0 Å². The normalized spacial score (nSPS) is 19.5. The fourth-order valence-electron chi connectivity index (χ4n) is 2.95. The van der Waals surface area contributed by atoms with Gasteiger partial charge in [0.25, 0.3) is 5.69 Å². The summed E-state index contributed by atoms with van der Waals surface area (Å²) in [5.74, 6) is 0. The van der Waals surface area contributed by atoms with Gasteiger partial charge in [0, 0.05) is 18.7 Å². The van der Waals surface area contributed by atoms with Crippen molar-refractivity contribution in [1.82, 2.24) is 0 Å². The monoisotopic (exact) mass is 263 g/mol. The molecular formula is C14H21N3O2. The number of hydrogen-bond donors (Lipinski definition) is 1. The fraction of sp³-hybridized carbons (Fsp3) is 0.571. The Hall–Kier alpha value is -1.62. The van der Waals surface area contributed by atoms with E-state index in [9.17, 15) is 10.1 Å². The van der Waals surface area contributed by atoms with Gasteiger partial charge in [0.05, 0.1) is 4.92 Å². The third-order valence-electron chi connectivity index (χ3n) is 3.83. The van der Waals surface area contributed by atoms with E-state index in [1.165, 1.54) is 6.42 Å². The zero-order chi connectivity index (χ0) is 13.8. The van der Waals surface area contributed by atoms with Crippen molar-refractivity contribution in [1.29, 1.82) is 0 Å². The topological polar surface area (TPSA) is 72.4 Å². The molecule has 1 heterocycles. The Kier molecular flexibility index (Phi) is 4.37. The number of para-hydroxylation sites is 1. The summed E-state index contributed by atoms with van der Waals surface area (Å²) in [4.78, 5) is 13.2. The van der Waals surface area contributed by atoms with E-state index in [-0.39, 0.29) is 10.6 Å². The quantitative estimate of drug-likeness (QED) is 0.669. The minimum atomic E-state index is -0.281. The van der Waals surface area contributed by atoms with E-state index in [2.05, 4.69) is 4.90 Å². The van der Waals surface area contributed by atoms with Crippen molar-refractivity contribution < 1.29 is 4.92 Å². The second-order valence-electron chi connectivity index (χ2n) is 5.12. The van der Waals surface area contributed by atoms with Crippen molar-refractivity contribution in [3.05, 3.63) is 33.9 Å². The van der Waals surface area contributed by atoms with Gasteiger partial charge in [0.15, 0.2) is 0 Å². The molecule has 1 aliphatic rings. The van der Waals surface area contributed by atoms with Gasteiger partial charge >= 0.3 is 0 Å². The first-order valence-corrected chi connectivity index (χ1v) is 6.86. The molecule has 104 valence electrons. The van der Waals surface area contributed by atoms with Crippen LogP contribution in [0, 0.1) is 17.0 Å². The molecule has 0 bridgehead atoms. The number of hydrogen-bond acceptors (Lipinski definition) is 4. The second-order valence-corrected chi connectivity index (χ2v) is 5.12. The van der Waals surface area contributed by atoms with E-state index in [0.29, 0.717) is 12.6 Å². The molecule has 1 fully saturated rings. The van der Waals surface area contributed by atoms with Crippen molar-refractivity contribution in [2.45, 2.75) is 38.6 Å². The van der Waals surface area contributed by atoms with Crippen LogP contribution in [0.4, 0.5) is 11.4 Å². The molecule has 0 aliphatic carbocycles. The zero-order valence-electron chi connectivity index (χ0n) is 11.3. The first-order valence-electron chi connectivity index (χ1n) is 6.86. The third-order valence-corrected chi connectivity index (χ3v) is 3.83. The van der Waals surface area contributed by atoms with E-state index >= 15 is 0 Å². The molecule has 19 heavy (non-hydrogen) atoms. The summed E-state index contributed by atoms with van der Waals surface area (Å²) in [6, 6.07) is 5.62. The summed E-state index contributed by atoms with van der Waals surface area (Å²) in [5, 5.41) is 11.2. The molecule has 5 heteroatoms. The molecule has 1 saturated heterocycles. The minimum absolute atomic E-state index is 0.212. The maximum absolute atomic E-state index is 11.2. The Labute approximate surface area is 113 Å². The summed E-state index contributed by atoms with van der Waals surface area (Å²) in [6.45, 7) is 3.45. The molecule has 2 N–H and O–H groups in total. The highest BCUT2D eigenvalue weighted by atomic mass is 16.6. The molecule has 0 aromatic heterocycles. The van der Waals surface area contributed by atoms with Crippen molar-refractivity contribution >= 4 is 11.4 Å². The Bertz CT molecular complexity index is 460. The number of benzene rings is 1. The fourth-order valence-corrected chi connectivity index (χ4v) is 2.95. The summed E-state index contributed by atoms with van der Waals surface area (Å²) < 4.78 is 0. The number of aryl methyl sites for hydroxylation is 1. The number of nitrogens with two attached hydrogens (primary N) is 1. The van der Waals surface area contributed by atoms with Gasteiger partial charge in [-0.15, -0.1) is 0 Å². The summed E-state index contributed by atoms with van der Waals surface area (Å²) >= 11 is 0. The van der Waals surface area contributed by atoms with Gasteiger partial charge in [0.2, 0.25) is 0 Å². The number of rotatable bonds is 4. The number of nitrogens with zero attached hydrogens (tertiary/aromatic N) is 2. The molecule has 0 radical (unpaired) electrons. The molecule has 0 saturated carbocycles. The highest BCUT2D eigenvalue weighted by Crippen LogP contribution is 2.36. The first kappa shape index (κ1) is 13.8. The third kappa shape index (κ3) is 2.87. The van der Waals surface area contributed by atoms with Gasteiger partial charge in [-0.1, -0.05) is 12.1 Å². The molecule has 1 aromatic rings. The summed E-state index contributed by atoms with van der Waals surface area (Å²) in [5.41, 5.74) is 7.64. The maximum Gasteiger partial charge on any atom is 0.292 e. The lowest BCUT2D eigenvalue weighted by Crippen LogP contribution is -2.41. The maximum atomic E-state index is 11.2. The molecule has 2 rings (SSSR count). The van der Waals surface area contributed by atoms with Crippen LogP contribution >= 0.6 is 0 Å². The molecule has 1 aromatic carbocycles. The van der Waals surface area contributed by atoms with Crippen LogP contribution in [0.2, 0.25) is 0 Å². The molecular weight excluding hydrogens is 242 g/mol. The van der Waals surface area contributed by atoms with Crippen LogP contribution < -0.4 is 10.6 Å². The largest absolute Gasteiger partial charge is 0.363 e. The van der Waals surface area contributed by atoms with Crippen LogP contribution in [-0.4, -0.2) is 24.1 Å². The van der Waals surface area contributed by atoms with Crippen LogP contribution in [0.5, 0.6) is 0 Å². The zero-order valence-corrected chi connectivity index (χ0v) is 11.3. The molecule has 1 aliphatic heterocycles. The van der Waals surface area contributed by atoms with Gasteiger partial charge in [-0.25, -0.2) is 0 Å². The average molecular weight is 263 g/mol. The Balaban J connectivity index is 2.40. The van der Waals surface area contributed by atoms with E-state index in [1.807, 2.05) is 13.0 Å². The number of nitro benzene ring substituents is 1. The van der Waals surface area contributed by atoms with Crippen LogP contribution in [0.1, 0.15) is 31.2 Å². The van der Waals surface area contributed by atoms with E-state index in [1.54, 1.807) is 12.1 Å². The molecule has 1 unspecified atom stereocenters. The van der Waals surface area contributed by atoms with Crippen LogP contribution in [0.25, 0.3) is 0 Å². The van der Waals surface area contributed by atoms with Crippen LogP contribution in [0.15, 0.2) is 18.2 Å². The molecule has 0 amide bonds. The predicted octanol–water partition coefficient (Wildman–Crippen LogP) is 2.61. The number of piperidine rings is 1. The van der Waals surface area contributed by atoms with Gasteiger partial charge < -0.3 is 10.6 Å². The summed E-state index contributed by atoms with van der Waals surface area (Å²) in [7, 11) is 0. The smallest absolute Gasteiger partial charge is 0.292 e. The van der Waals surface area contributed by atoms with Gasteiger partial charge in [0.1, 0.15) is 5.69 Å². The van der Waals surface area contributed by atoms with Gasteiger partial charge in [-0.2, -0.15) is 0 Å². The second kappa shape index (κ2) is 6.02. The SMILES string of the molecule is Cc1cccc([N+](=O)[O-])c1N1CCCCC1CCN.